The van der Waals surface area contributed by atoms with Crippen LogP contribution in [-0.2, 0) is 11.2 Å². The van der Waals surface area contributed by atoms with Gasteiger partial charge in [0.05, 0.1) is 19.1 Å². The van der Waals surface area contributed by atoms with Crippen molar-refractivity contribution in [2.75, 3.05) is 13.2 Å². The highest BCUT2D eigenvalue weighted by molar-refractivity contribution is 5.79. The highest BCUT2D eigenvalue weighted by atomic mass is 16.4. The zero-order valence-electron chi connectivity index (χ0n) is 11.0. The quantitative estimate of drug-likeness (QED) is 0.541. The lowest BCUT2D eigenvalue weighted by molar-refractivity contribution is -0.165. The molecular weight excluding hydrogens is 262 g/mol. The maximum absolute atomic E-state index is 12.2. The Labute approximate surface area is 116 Å². The summed E-state index contributed by atoms with van der Waals surface area (Å²) in [7, 11) is 0. The van der Waals surface area contributed by atoms with Gasteiger partial charge in [-0.2, -0.15) is 0 Å². The minimum atomic E-state index is -1.36. The predicted molar refractivity (Wildman–Crippen MR) is 70.8 cm³/mol. The molecule has 0 bridgehead atoms. The van der Waals surface area contributed by atoms with Gasteiger partial charge in [-0.25, -0.2) is 0 Å². The van der Waals surface area contributed by atoms with Crippen LogP contribution >= 0.6 is 0 Å². The summed E-state index contributed by atoms with van der Waals surface area (Å²) in [5, 5.41) is 38.4. The molecule has 6 heteroatoms. The van der Waals surface area contributed by atoms with Gasteiger partial charge in [-0.3, -0.25) is 4.79 Å². The summed E-state index contributed by atoms with van der Waals surface area (Å²) in [6, 6.07) is 8.18. The number of rotatable bonds is 3. The van der Waals surface area contributed by atoms with Crippen molar-refractivity contribution in [2.24, 2.45) is 0 Å². The Morgan fingerprint density at radius 2 is 1.80 bits per heavy atom. The molecule has 4 N–H and O–H groups in total. The van der Waals surface area contributed by atoms with E-state index in [2.05, 4.69) is 0 Å². The molecule has 1 saturated heterocycles. The Kier molecular flexibility index (Phi) is 4.72. The molecule has 1 unspecified atom stereocenters. The number of nitrogens with zero attached hydrogens (tertiary/aromatic N) is 1. The van der Waals surface area contributed by atoms with Crippen molar-refractivity contribution < 1.29 is 25.2 Å². The molecule has 0 saturated carbocycles. The second kappa shape index (κ2) is 6.32. The number of benzene rings is 1. The van der Waals surface area contributed by atoms with Crippen molar-refractivity contribution in [2.45, 2.75) is 30.8 Å². The zero-order chi connectivity index (χ0) is 14.7. The van der Waals surface area contributed by atoms with Crippen LogP contribution in [0, 0.1) is 0 Å². The molecule has 6 nitrogen and oxygen atoms in total. The largest absolute Gasteiger partial charge is 0.394 e. The molecule has 0 aliphatic carbocycles. The lowest BCUT2D eigenvalue weighted by Crippen LogP contribution is -2.64. The van der Waals surface area contributed by atoms with Crippen LogP contribution in [0.2, 0.25) is 0 Å². The number of aliphatic hydroxyl groups is 4. The van der Waals surface area contributed by atoms with E-state index in [1.807, 2.05) is 18.2 Å². The van der Waals surface area contributed by atoms with Gasteiger partial charge in [-0.05, 0) is 5.56 Å². The summed E-state index contributed by atoms with van der Waals surface area (Å²) < 4.78 is 0. The van der Waals surface area contributed by atoms with Crippen LogP contribution in [0.25, 0.3) is 0 Å². The van der Waals surface area contributed by atoms with E-state index in [9.17, 15) is 25.2 Å². The van der Waals surface area contributed by atoms with Crippen LogP contribution < -0.4 is 0 Å². The maximum atomic E-state index is 12.2. The second-order valence-electron chi connectivity index (χ2n) is 5.01. The molecule has 0 radical (unpaired) electrons. The summed E-state index contributed by atoms with van der Waals surface area (Å²) >= 11 is 0. The molecule has 1 aliphatic heterocycles. The van der Waals surface area contributed by atoms with Crippen molar-refractivity contribution in [1.29, 1.82) is 0 Å². The third kappa shape index (κ3) is 2.99. The first-order valence-corrected chi connectivity index (χ1v) is 6.53. The van der Waals surface area contributed by atoms with Crippen LogP contribution in [0.4, 0.5) is 0 Å². The molecule has 4 atom stereocenters. The average molecular weight is 281 g/mol. The van der Waals surface area contributed by atoms with Crippen LogP contribution in [0.3, 0.4) is 0 Å². The predicted octanol–water partition coefficient (Wildman–Crippen LogP) is -1.49. The zero-order valence-corrected chi connectivity index (χ0v) is 11.0. The number of β-amino-alcohol motifs (C(OH)–C–C–N with tert-alkyl or cyclic N) is 1. The van der Waals surface area contributed by atoms with Crippen molar-refractivity contribution in [1.82, 2.24) is 4.90 Å². The average Bonchev–Trinajstić information content (AvgIpc) is 2.45. The Bertz CT molecular complexity index is 452. The van der Waals surface area contributed by atoms with Crippen LogP contribution in [0.5, 0.6) is 0 Å². The number of aliphatic hydroxyl groups excluding tert-OH is 4. The van der Waals surface area contributed by atoms with Crippen molar-refractivity contribution in [3.05, 3.63) is 35.9 Å². The summed E-state index contributed by atoms with van der Waals surface area (Å²) in [4.78, 5) is 13.5. The van der Waals surface area contributed by atoms with E-state index in [0.29, 0.717) is 0 Å². The number of carbonyl (C=O) groups is 1. The fourth-order valence-corrected chi connectivity index (χ4v) is 2.45. The Morgan fingerprint density at radius 1 is 1.15 bits per heavy atom. The fraction of sp³-hybridized carbons (Fsp3) is 0.500. The Hall–Kier alpha value is -1.47. The third-order valence-electron chi connectivity index (χ3n) is 3.63. The van der Waals surface area contributed by atoms with Crippen LogP contribution in [0.15, 0.2) is 30.3 Å². The van der Waals surface area contributed by atoms with Gasteiger partial charge in [0.2, 0.25) is 5.91 Å². The summed E-state index contributed by atoms with van der Waals surface area (Å²) in [6.45, 7) is -0.569. The number of amides is 1. The lowest BCUT2D eigenvalue weighted by atomic mass is 9.93. The van der Waals surface area contributed by atoms with Gasteiger partial charge in [0.1, 0.15) is 18.3 Å². The molecule has 1 aromatic rings. The first-order valence-electron chi connectivity index (χ1n) is 6.53. The first-order chi connectivity index (χ1) is 9.54. The summed E-state index contributed by atoms with van der Waals surface area (Å²) in [5.74, 6) is -0.305. The van der Waals surface area contributed by atoms with Gasteiger partial charge < -0.3 is 25.3 Å². The third-order valence-corrected chi connectivity index (χ3v) is 3.63. The summed E-state index contributed by atoms with van der Waals surface area (Å²) in [5.41, 5.74) is 0.810. The monoisotopic (exact) mass is 281 g/mol. The highest BCUT2D eigenvalue weighted by Gasteiger charge is 2.42. The van der Waals surface area contributed by atoms with Gasteiger partial charge in [0.25, 0.3) is 0 Å². The Morgan fingerprint density at radius 3 is 2.40 bits per heavy atom. The van der Waals surface area contributed by atoms with Crippen molar-refractivity contribution >= 4 is 5.91 Å². The molecule has 1 heterocycles. The van der Waals surface area contributed by atoms with Gasteiger partial charge in [-0.15, -0.1) is 0 Å². The van der Waals surface area contributed by atoms with E-state index in [4.69, 9.17) is 0 Å². The topological polar surface area (TPSA) is 101 Å². The van der Waals surface area contributed by atoms with Gasteiger partial charge in [0.15, 0.2) is 0 Å². The maximum Gasteiger partial charge on any atom is 0.227 e. The van der Waals surface area contributed by atoms with E-state index < -0.39 is 31.0 Å². The van der Waals surface area contributed by atoms with Crippen molar-refractivity contribution in [3.8, 4) is 0 Å². The van der Waals surface area contributed by atoms with E-state index in [-0.39, 0.29) is 18.9 Å². The Balaban J connectivity index is 2.11. The number of likely N-dealkylation sites (tertiary alicyclic amines) is 1. The first kappa shape index (κ1) is 14.9. The van der Waals surface area contributed by atoms with Crippen LogP contribution in [0.1, 0.15) is 5.56 Å². The molecule has 1 fully saturated rings. The summed E-state index contributed by atoms with van der Waals surface area (Å²) in [6.07, 6.45) is -3.81. The van der Waals surface area contributed by atoms with Gasteiger partial charge in [-0.1, -0.05) is 30.3 Å². The van der Waals surface area contributed by atoms with Crippen LogP contribution in [-0.4, -0.2) is 68.7 Å². The van der Waals surface area contributed by atoms with Crippen molar-refractivity contribution in [3.63, 3.8) is 0 Å². The second-order valence-corrected chi connectivity index (χ2v) is 5.01. The number of hydrogen-bond acceptors (Lipinski definition) is 5. The molecular formula is C14H19NO5. The number of carbonyl (C=O) groups excluding carboxylic acids is 1. The molecule has 0 aromatic heterocycles. The molecule has 1 aromatic carbocycles. The minimum absolute atomic E-state index is 0.102. The molecule has 2 rings (SSSR count). The molecule has 110 valence electrons. The van der Waals surface area contributed by atoms with Gasteiger partial charge >= 0.3 is 0 Å². The van der Waals surface area contributed by atoms with E-state index in [0.717, 1.165) is 5.56 Å². The number of piperidine rings is 1. The standard InChI is InChI=1S/C14H19NO5/c16-8-10-13(19)14(20)11(17)7-15(10)12(18)6-9-4-2-1-3-5-9/h1-5,10-11,13-14,16-17,19-20H,6-8H2/t10?,11-,13+,14+/m0/s1. The fourth-order valence-electron chi connectivity index (χ4n) is 2.45. The lowest BCUT2D eigenvalue weighted by Gasteiger charge is -2.43. The SMILES string of the molecule is O=C(Cc1ccccc1)N1C[C@H](O)[C@@H](O)[C@H](O)C1CO. The minimum Gasteiger partial charge on any atom is -0.394 e. The molecule has 20 heavy (non-hydrogen) atoms. The van der Waals surface area contributed by atoms with E-state index in [1.54, 1.807) is 12.1 Å². The number of hydrogen-bond donors (Lipinski definition) is 4. The smallest absolute Gasteiger partial charge is 0.227 e. The molecule has 1 amide bonds. The van der Waals surface area contributed by atoms with E-state index >= 15 is 0 Å². The molecule has 1 aliphatic rings. The normalized spacial score (nSPS) is 30.3. The molecule has 0 spiro atoms. The highest BCUT2D eigenvalue weighted by Crippen LogP contribution is 2.20. The van der Waals surface area contributed by atoms with E-state index in [1.165, 1.54) is 4.90 Å². The van der Waals surface area contributed by atoms with Gasteiger partial charge in [0, 0.05) is 6.54 Å².